The van der Waals surface area contributed by atoms with Gasteiger partial charge in [0.15, 0.2) is 5.78 Å². The third-order valence-electron chi connectivity index (χ3n) is 12.1. The van der Waals surface area contributed by atoms with Crippen LogP contribution in [-0.4, -0.2) is 30.1 Å². The second kappa shape index (κ2) is 6.83. The smallest absolute Gasteiger partial charge is 0.333 e. The zero-order valence-electron chi connectivity index (χ0n) is 21.1. The van der Waals surface area contributed by atoms with E-state index in [1.807, 2.05) is 13.0 Å². The molecule has 0 aromatic heterocycles. The molecule has 4 nitrogen and oxygen atoms in total. The molecular weight excluding hydrogens is 412 g/mol. The van der Waals surface area contributed by atoms with Gasteiger partial charge in [0.2, 0.25) is 0 Å². The fraction of sp³-hybridized carbons (Fsp3) is 0.793. The minimum absolute atomic E-state index is 0.0124. The van der Waals surface area contributed by atoms with Crippen LogP contribution in [0.15, 0.2) is 23.3 Å². The molecule has 6 aliphatic rings. The van der Waals surface area contributed by atoms with Crippen molar-refractivity contribution in [2.75, 3.05) is 0 Å². The van der Waals surface area contributed by atoms with Crippen molar-refractivity contribution in [3.63, 3.8) is 0 Å². The molecule has 0 aromatic rings. The highest BCUT2D eigenvalue weighted by atomic mass is 16.6. The summed E-state index contributed by atoms with van der Waals surface area (Å²) in [5, 5.41) is 0. The highest BCUT2D eigenvalue weighted by Gasteiger charge is 2.76. The van der Waals surface area contributed by atoms with Gasteiger partial charge < -0.3 is 9.47 Å². The Balaban J connectivity index is 1.30. The Morgan fingerprint density at radius 2 is 1.82 bits per heavy atom. The van der Waals surface area contributed by atoms with Crippen LogP contribution in [0.1, 0.15) is 80.1 Å². The molecule has 4 fully saturated rings. The number of carbonyl (C=O) groups excluding carboxylic acids is 2. The third kappa shape index (κ3) is 2.62. The topological polar surface area (TPSA) is 55.9 Å². The van der Waals surface area contributed by atoms with E-state index in [4.69, 9.17) is 9.47 Å². The largest absolute Gasteiger partial charge is 0.458 e. The van der Waals surface area contributed by atoms with Crippen LogP contribution in [0.3, 0.4) is 0 Å². The molecule has 0 aromatic carbocycles. The number of ether oxygens (including phenoxy) is 2. The lowest BCUT2D eigenvalue weighted by molar-refractivity contribution is -0.158. The third-order valence-corrected chi connectivity index (χ3v) is 12.1. The number of cyclic esters (lactones) is 1. The average molecular weight is 453 g/mol. The van der Waals surface area contributed by atoms with Crippen LogP contribution in [0.5, 0.6) is 0 Å². The van der Waals surface area contributed by atoms with Gasteiger partial charge in [0.25, 0.3) is 0 Å². The Labute approximate surface area is 198 Å². The molecule has 33 heavy (non-hydrogen) atoms. The molecule has 0 radical (unpaired) electrons. The number of ketones is 1. The molecule has 0 N–H and O–H groups in total. The molecular formula is C29H40O4. The first-order chi connectivity index (χ1) is 15.5. The second-order valence-corrected chi connectivity index (χ2v) is 13.0. The Hall–Kier alpha value is -1.42. The Kier molecular flexibility index (Phi) is 4.57. The van der Waals surface area contributed by atoms with Crippen LogP contribution in [0.25, 0.3) is 0 Å². The molecule has 4 aliphatic carbocycles. The molecule has 180 valence electrons. The van der Waals surface area contributed by atoms with Crippen molar-refractivity contribution >= 4 is 11.8 Å². The van der Waals surface area contributed by atoms with E-state index >= 15 is 0 Å². The molecule has 2 heterocycles. The summed E-state index contributed by atoms with van der Waals surface area (Å²) in [5.74, 6) is 2.59. The summed E-state index contributed by atoms with van der Waals surface area (Å²) in [5.41, 5.74) is 1.82. The first kappa shape index (κ1) is 22.1. The van der Waals surface area contributed by atoms with Gasteiger partial charge in [0.1, 0.15) is 6.10 Å². The van der Waals surface area contributed by atoms with Crippen molar-refractivity contribution < 1.29 is 19.1 Å². The lowest BCUT2D eigenvalue weighted by Gasteiger charge is -2.61. The van der Waals surface area contributed by atoms with Crippen molar-refractivity contribution in [3.8, 4) is 0 Å². The van der Waals surface area contributed by atoms with Crippen LogP contribution in [-0.2, 0) is 19.1 Å². The summed E-state index contributed by atoms with van der Waals surface area (Å²) in [6.07, 6.45) is 11.0. The number of carbonyl (C=O) groups is 2. The summed E-state index contributed by atoms with van der Waals surface area (Å²) in [7, 11) is 0. The van der Waals surface area contributed by atoms with E-state index in [9.17, 15) is 9.59 Å². The van der Waals surface area contributed by atoms with Gasteiger partial charge in [-0.15, -0.1) is 0 Å². The quantitative estimate of drug-likeness (QED) is 0.401. The summed E-state index contributed by atoms with van der Waals surface area (Å²) < 4.78 is 12.4. The highest BCUT2D eigenvalue weighted by Crippen LogP contribution is 2.74. The first-order valence-corrected chi connectivity index (χ1v) is 13.3. The number of hydrogen-bond donors (Lipinski definition) is 0. The van der Waals surface area contributed by atoms with Crippen LogP contribution in [0.2, 0.25) is 0 Å². The van der Waals surface area contributed by atoms with Crippen LogP contribution in [0.4, 0.5) is 0 Å². The maximum Gasteiger partial charge on any atom is 0.333 e. The zero-order chi connectivity index (χ0) is 23.5. The van der Waals surface area contributed by atoms with E-state index < -0.39 is 0 Å². The van der Waals surface area contributed by atoms with Crippen molar-refractivity contribution in [2.45, 2.75) is 98.4 Å². The molecule has 11 atom stereocenters. The van der Waals surface area contributed by atoms with Crippen molar-refractivity contribution in [1.82, 2.24) is 0 Å². The molecule has 0 amide bonds. The van der Waals surface area contributed by atoms with E-state index in [0.29, 0.717) is 41.5 Å². The predicted octanol–water partition coefficient (Wildman–Crippen LogP) is 5.66. The number of allylic oxidation sites excluding steroid dienone is 2. The molecule has 0 bridgehead atoms. The van der Waals surface area contributed by atoms with Crippen molar-refractivity contribution in [2.24, 2.45) is 45.8 Å². The van der Waals surface area contributed by atoms with E-state index in [0.717, 1.165) is 24.8 Å². The minimum Gasteiger partial charge on any atom is -0.458 e. The van der Waals surface area contributed by atoms with Gasteiger partial charge >= 0.3 is 5.97 Å². The zero-order valence-corrected chi connectivity index (χ0v) is 21.1. The highest BCUT2D eigenvalue weighted by molar-refractivity contribution is 5.97. The normalized spacial score (nSPS) is 53.6. The van der Waals surface area contributed by atoms with E-state index in [-0.39, 0.29) is 34.4 Å². The summed E-state index contributed by atoms with van der Waals surface area (Å²) in [4.78, 5) is 25.8. The van der Waals surface area contributed by atoms with Gasteiger partial charge in [-0.2, -0.15) is 0 Å². The van der Waals surface area contributed by atoms with E-state index in [1.165, 1.54) is 24.8 Å². The first-order valence-electron chi connectivity index (χ1n) is 13.3. The van der Waals surface area contributed by atoms with Gasteiger partial charge in [-0.1, -0.05) is 39.3 Å². The van der Waals surface area contributed by atoms with Crippen molar-refractivity contribution in [3.05, 3.63) is 23.3 Å². The Morgan fingerprint density at radius 1 is 1.06 bits per heavy atom. The minimum atomic E-state index is -0.312. The van der Waals surface area contributed by atoms with Gasteiger partial charge in [-0.25, -0.2) is 4.79 Å². The monoisotopic (exact) mass is 452 g/mol. The second-order valence-electron chi connectivity index (χ2n) is 13.0. The Morgan fingerprint density at radius 3 is 2.55 bits per heavy atom. The van der Waals surface area contributed by atoms with Gasteiger partial charge in [-0.05, 0) is 87.0 Å². The molecule has 1 saturated heterocycles. The lowest BCUT2D eigenvalue weighted by atomic mass is 9.41. The maximum absolute atomic E-state index is 13.4. The number of epoxide rings is 1. The summed E-state index contributed by atoms with van der Waals surface area (Å²) in [6.45, 7) is 13.4. The standard InChI is InChI=1S/C29H40O4/c1-15-14-21(32-26(31)16(15)2)17(3)18-9-10-19-23-20(11-13-27(18,19)4)29(6)22(30)8-7-12-28(29,5)25-24(23)33-25/h7-8,17-21,23-25H,9-14H2,1-6H3. The molecule has 0 spiro atoms. The summed E-state index contributed by atoms with van der Waals surface area (Å²) in [6, 6.07) is 0. The molecule has 2 aliphatic heterocycles. The number of fused-ring (bicyclic) bond motifs is 8. The predicted molar refractivity (Wildman–Crippen MR) is 126 cm³/mol. The fourth-order valence-corrected chi connectivity index (χ4v) is 9.70. The van der Waals surface area contributed by atoms with E-state index in [2.05, 4.69) is 40.7 Å². The average Bonchev–Trinajstić information content (AvgIpc) is 3.50. The van der Waals surface area contributed by atoms with Crippen LogP contribution >= 0.6 is 0 Å². The summed E-state index contributed by atoms with van der Waals surface area (Å²) >= 11 is 0. The Bertz CT molecular complexity index is 978. The number of hydrogen-bond acceptors (Lipinski definition) is 4. The van der Waals surface area contributed by atoms with Crippen LogP contribution < -0.4 is 0 Å². The van der Waals surface area contributed by atoms with Crippen LogP contribution in [0, 0.1) is 45.8 Å². The number of esters is 1. The molecule has 11 unspecified atom stereocenters. The maximum atomic E-state index is 13.4. The van der Waals surface area contributed by atoms with Gasteiger partial charge in [0.05, 0.1) is 12.2 Å². The molecule has 6 rings (SSSR count). The van der Waals surface area contributed by atoms with Crippen molar-refractivity contribution in [1.29, 1.82) is 0 Å². The lowest BCUT2D eigenvalue weighted by Crippen LogP contribution is -2.62. The van der Waals surface area contributed by atoms with Gasteiger partial charge in [-0.3, -0.25) is 4.79 Å². The van der Waals surface area contributed by atoms with Gasteiger partial charge in [0, 0.05) is 22.8 Å². The van der Waals surface area contributed by atoms with E-state index in [1.54, 1.807) is 0 Å². The SMILES string of the molecule is CC1=C(C)C(=O)OC(C(C)C2CCC3C4C5OC5C5(C)CC=CC(=O)C5(C)C4CCC23C)C1. The molecule has 3 saturated carbocycles. The molecule has 4 heteroatoms. The number of rotatable bonds is 2. The fourth-order valence-electron chi connectivity index (χ4n) is 9.70.